The summed E-state index contributed by atoms with van der Waals surface area (Å²) in [6, 6.07) is 3.83. The first-order chi connectivity index (χ1) is 10.3. The van der Waals surface area contributed by atoms with Crippen molar-refractivity contribution in [3.05, 3.63) is 41.0 Å². The standard InChI is InChI=1S/C17H21F2NO2/c1-17(2,3)22-16(21)20-9-7-12(8-10-20)11-13-14(18)5-4-6-15(13)19/h4-6,11H,7-10H2,1-3H3. The maximum Gasteiger partial charge on any atom is 0.410 e. The van der Waals surface area contributed by atoms with E-state index in [2.05, 4.69) is 0 Å². The molecule has 3 nitrogen and oxygen atoms in total. The lowest BCUT2D eigenvalue weighted by molar-refractivity contribution is 0.0237. The van der Waals surface area contributed by atoms with E-state index < -0.39 is 17.2 Å². The van der Waals surface area contributed by atoms with Gasteiger partial charge in [0.05, 0.1) is 0 Å². The minimum atomic E-state index is -0.568. The molecule has 0 aliphatic carbocycles. The Balaban J connectivity index is 2.00. The lowest BCUT2D eigenvalue weighted by Crippen LogP contribution is -2.40. The molecule has 1 amide bonds. The summed E-state index contributed by atoms with van der Waals surface area (Å²) < 4.78 is 32.6. The van der Waals surface area contributed by atoms with Crippen molar-refractivity contribution in [1.82, 2.24) is 4.90 Å². The molecule has 1 aliphatic heterocycles. The van der Waals surface area contributed by atoms with E-state index in [0.29, 0.717) is 25.9 Å². The zero-order chi connectivity index (χ0) is 16.3. The fourth-order valence-corrected chi connectivity index (χ4v) is 2.30. The minimum absolute atomic E-state index is 0.0109. The first-order valence-corrected chi connectivity index (χ1v) is 7.37. The Morgan fingerprint density at radius 1 is 1.18 bits per heavy atom. The molecular weight excluding hydrogens is 288 g/mol. The lowest BCUT2D eigenvalue weighted by atomic mass is 10.0. The maximum atomic E-state index is 13.6. The first-order valence-electron chi connectivity index (χ1n) is 7.37. The van der Waals surface area contributed by atoms with Crippen molar-refractivity contribution in [2.75, 3.05) is 13.1 Å². The van der Waals surface area contributed by atoms with E-state index in [4.69, 9.17) is 4.74 Å². The highest BCUT2D eigenvalue weighted by atomic mass is 19.1. The van der Waals surface area contributed by atoms with Gasteiger partial charge < -0.3 is 9.64 Å². The highest BCUT2D eigenvalue weighted by Gasteiger charge is 2.24. The molecule has 0 atom stereocenters. The van der Waals surface area contributed by atoms with E-state index >= 15 is 0 Å². The Bertz CT molecular complexity index is 561. The van der Waals surface area contributed by atoms with Crippen LogP contribution in [0.4, 0.5) is 13.6 Å². The number of likely N-dealkylation sites (tertiary alicyclic amines) is 1. The molecule has 120 valence electrons. The van der Waals surface area contributed by atoms with Crippen LogP contribution >= 0.6 is 0 Å². The molecule has 0 unspecified atom stereocenters. The molecule has 1 aromatic rings. The number of hydrogen-bond donors (Lipinski definition) is 0. The Hall–Kier alpha value is -1.91. The van der Waals surface area contributed by atoms with Gasteiger partial charge in [0, 0.05) is 18.7 Å². The normalized spacial score (nSPS) is 15.7. The maximum absolute atomic E-state index is 13.6. The number of benzene rings is 1. The van der Waals surface area contributed by atoms with Crippen molar-refractivity contribution < 1.29 is 18.3 Å². The van der Waals surface area contributed by atoms with Crippen LogP contribution in [-0.4, -0.2) is 29.7 Å². The van der Waals surface area contributed by atoms with Crippen LogP contribution in [0.2, 0.25) is 0 Å². The van der Waals surface area contributed by atoms with Gasteiger partial charge in [-0.05, 0) is 51.8 Å². The van der Waals surface area contributed by atoms with Gasteiger partial charge in [-0.2, -0.15) is 0 Å². The van der Waals surface area contributed by atoms with Crippen LogP contribution in [0.3, 0.4) is 0 Å². The largest absolute Gasteiger partial charge is 0.444 e. The summed E-state index contributed by atoms with van der Waals surface area (Å²) in [4.78, 5) is 13.6. The van der Waals surface area contributed by atoms with Crippen LogP contribution in [0, 0.1) is 11.6 Å². The van der Waals surface area contributed by atoms with Crippen molar-refractivity contribution in [2.24, 2.45) is 0 Å². The molecule has 0 aromatic heterocycles. The highest BCUT2D eigenvalue weighted by molar-refractivity contribution is 5.68. The molecule has 22 heavy (non-hydrogen) atoms. The van der Waals surface area contributed by atoms with Gasteiger partial charge >= 0.3 is 6.09 Å². The fraction of sp³-hybridized carbons (Fsp3) is 0.471. The highest BCUT2D eigenvalue weighted by Crippen LogP contribution is 2.23. The SMILES string of the molecule is CC(C)(C)OC(=O)N1CCC(=Cc2c(F)cccc2F)CC1. The molecular formula is C17H21F2NO2. The van der Waals surface area contributed by atoms with Crippen LogP contribution in [0.5, 0.6) is 0 Å². The van der Waals surface area contributed by atoms with E-state index in [1.807, 2.05) is 20.8 Å². The third-order valence-corrected chi connectivity index (χ3v) is 3.41. The van der Waals surface area contributed by atoms with Crippen molar-refractivity contribution in [1.29, 1.82) is 0 Å². The summed E-state index contributed by atoms with van der Waals surface area (Å²) in [5.74, 6) is -1.14. The average Bonchev–Trinajstić information content (AvgIpc) is 2.42. The Morgan fingerprint density at radius 2 is 1.73 bits per heavy atom. The third kappa shape index (κ3) is 4.29. The predicted molar refractivity (Wildman–Crippen MR) is 81.4 cm³/mol. The van der Waals surface area contributed by atoms with Gasteiger partial charge in [-0.1, -0.05) is 11.6 Å². The van der Waals surface area contributed by atoms with Crippen LogP contribution in [0.25, 0.3) is 6.08 Å². The smallest absolute Gasteiger partial charge is 0.410 e. The number of hydrogen-bond acceptors (Lipinski definition) is 2. The number of nitrogens with zero attached hydrogens (tertiary/aromatic N) is 1. The van der Waals surface area contributed by atoms with Gasteiger partial charge in [-0.3, -0.25) is 0 Å². The Labute approximate surface area is 129 Å². The zero-order valence-corrected chi connectivity index (χ0v) is 13.2. The number of ether oxygens (including phenoxy) is 1. The molecule has 0 radical (unpaired) electrons. The second-order valence-electron chi connectivity index (χ2n) is 6.41. The van der Waals surface area contributed by atoms with Crippen LogP contribution < -0.4 is 0 Å². The Kier molecular flexibility index (Phi) is 4.84. The molecule has 0 N–H and O–H groups in total. The van der Waals surface area contributed by atoms with E-state index in [1.54, 1.807) is 11.0 Å². The second kappa shape index (κ2) is 6.46. The van der Waals surface area contributed by atoms with Crippen molar-refractivity contribution in [3.8, 4) is 0 Å². The summed E-state index contributed by atoms with van der Waals surface area (Å²) >= 11 is 0. The third-order valence-electron chi connectivity index (χ3n) is 3.41. The monoisotopic (exact) mass is 309 g/mol. The first kappa shape index (κ1) is 16.5. The quantitative estimate of drug-likeness (QED) is 0.770. The molecule has 1 aliphatic rings. The average molecular weight is 309 g/mol. The van der Waals surface area contributed by atoms with E-state index in [9.17, 15) is 13.6 Å². The van der Waals surface area contributed by atoms with Gasteiger partial charge in [0.1, 0.15) is 17.2 Å². The second-order valence-corrected chi connectivity index (χ2v) is 6.41. The summed E-state index contributed by atoms with van der Waals surface area (Å²) in [6.07, 6.45) is 2.39. The molecule has 5 heteroatoms. The molecule has 1 heterocycles. The number of carbonyl (C=O) groups excluding carboxylic acids is 1. The van der Waals surface area contributed by atoms with Crippen molar-refractivity contribution in [3.63, 3.8) is 0 Å². The summed E-state index contributed by atoms with van der Waals surface area (Å²) in [7, 11) is 0. The van der Waals surface area contributed by atoms with Gasteiger partial charge in [0.2, 0.25) is 0 Å². The van der Waals surface area contributed by atoms with E-state index in [1.165, 1.54) is 18.2 Å². The number of halogens is 2. The number of rotatable bonds is 1. The van der Waals surface area contributed by atoms with E-state index in [0.717, 1.165) is 5.57 Å². The zero-order valence-electron chi connectivity index (χ0n) is 13.2. The summed E-state index contributed by atoms with van der Waals surface area (Å²) in [5.41, 5.74) is 0.399. The molecule has 0 bridgehead atoms. The summed E-state index contributed by atoms with van der Waals surface area (Å²) in [6.45, 7) is 6.46. The van der Waals surface area contributed by atoms with Gasteiger partial charge in [-0.15, -0.1) is 0 Å². The molecule has 1 aromatic carbocycles. The molecule has 0 spiro atoms. The Morgan fingerprint density at radius 3 is 2.23 bits per heavy atom. The predicted octanol–water partition coefficient (Wildman–Crippen LogP) is 4.38. The number of amides is 1. The lowest BCUT2D eigenvalue weighted by Gasteiger charge is -2.31. The van der Waals surface area contributed by atoms with Crippen molar-refractivity contribution in [2.45, 2.75) is 39.2 Å². The summed E-state index contributed by atoms with van der Waals surface area (Å²) in [5, 5.41) is 0. The molecule has 0 saturated carbocycles. The van der Waals surface area contributed by atoms with E-state index in [-0.39, 0.29) is 11.7 Å². The minimum Gasteiger partial charge on any atom is -0.444 e. The topological polar surface area (TPSA) is 29.5 Å². The molecule has 1 fully saturated rings. The van der Waals surface area contributed by atoms with Crippen LogP contribution in [0.15, 0.2) is 23.8 Å². The fourth-order valence-electron chi connectivity index (χ4n) is 2.30. The number of piperidine rings is 1. The number of carbonyl (C=O) groups is 1. The van der Waals surface area contributed by atoms with Gasteiger partial charge in [0.15, 0.2) is 0 Å². The van der Waals surface area contributed by atoms with Gasteiger partial charge in [0.25, 0.3) is 0 Å². The molecule has 1 saturated heterocycles. The van der Waals surface area contributed by atoms with Crippen LogP contribution in [0.1, 0.15) is 39.2 Å². The van der Waals surface area contributed by atoms with Crippen LogP contribution in [-0.2, 0) is 4.74 Å². The van der Waals surface area contributed by atoms with Gasteiger partial charge in [-0.25, -0.2) is 13.6 Å². The van der Waals surface area contributed by atoms with Crippen molar-refractivity contribution >= 4 is 12.2 Å². The molecule has 2 rings (SSSR count).